The second kappa shape index (κ2) is 7.47. The van der Waals surface area contributed by atoms with Crippen LogP contribution in [0.25, 0.3) is 0 Å². The highest BCUT2D eigenvalue weighted by Crippen LogP contribution is 2.11. The fourth-order valence-corrected chi connectivity index (χ4v) is 2.35. The van der Waals surface area contributed by atoms with Crippen LogP contribution in [-0.2, 0) is 4.79 Å². The fourth-order valence-electron chi connectivity index (χ4n) is 2.35. The number of carbonyl (C=O) groups excluding carboxylic acids is 2. The van der Waals surface area contributed by atoms with Crippen LogP contribution in [0, 0.1) is 0 Å². The first-order chi connectivity index (χ1) is 9.50. The van der Waals surface area contributed by atoms with Gasteiger partial charge in [0.1, 0.15) is 12.3 Å². The third-order valence-corrected chi connectivity index (χ3v) is 3.82. The van der Waals surface area contributed by atoms with E-state index in [1.54, 1.807) is 13.0 Å². The van der Waals surface area contributed by atoms with E-state index in [0.717, 1.165) is 6.54 Å². The topological polar surface area (TPSA) is 74.6 Å². The average Bonchev–Trinajstić information content (AvgIpc) is 2.95. The van der Waals surface area contributed by atoms with Crippen LogP contribution in [0.1, 0.15) is 31.1 Å². The molecule has 6 nitrogen and oxygen atoms in total. The SMILES string of the molecule is CC(NC(=O)c1ccoc1)C(=O)N1CCNC(C)C1C.Cl. The minimum Gasteiger partial charge on any atom is -0.472 e. The number of nitrogens with one attached hydrogen (secondary N) is 2. The molecule has 0 aliphatic carbocycles. The number of carbonyl (C=O) groups is 2. The normalized spacial score (nSPS) is 23.1. The third-order valence-electron chi connectivity index (χ3n) is 3.82. The summed E-state index contributed by atoms with van der Waals surface area (Å²) in [6, 6.07) is 1.39. The van der Waals surface area contributed by atoms with Gasteiger partial charge in [-0.25, -0.2) is 0 Å². The van der Waals surface area contributed by atoms with E-state index in [4.69, 9.17) is 4.42 Å². The molecule has 2 amide bonds. The van der Waals surface area contributed by atoms with E-state index in [2.05, 4.69) is 17.6 Å². The second-order valence-electron chi connectivity index (χ2n) is 5.22. The number of furan rings is 1. The first-order valence-corrected chi connectivity index (χ1v) is 6.87. The molecule has 2 rings (SSSR count). The van der Waals surface area contributed by atoms with Crippen molar-refractivity contribution in [3.63, 3.8) is 0 Å². The molecule has 3 unspecified atom stereocenters. The summed E-state index contributed by atoms with van der Waals surface area (Å²) in [4.78, 5) is 26.1. The number of rotatable bonds is 3. The Hall–Kier alpha value is -1.53. The van der Waals surface area contributed by atoms with Crippen LogP contribution in [0.2, 0.25) is 0 Å². The average molecular weight is 316 g/mol. The van der Waals surface area contributed by atoms with Gasteiger partial charge in [0.15, 0.2) is 0 Å². The predicted octanol–water partition coefficient (Wildman–Crippen LogP) is 1.03. The Balaban J connectivity index is 0.00000220. The lowest BCUT2D eigenvalue weighted by atomic mass is 10.1. The Kier molecular flexibility index (Phi) is 6.23. The van der Waals surface area contributed by atoms with Gasteiger partial charge < -0.3 is 20.0 Å². The van der Waals surface area contributed by atoms with Gasteiger partial charge in [0.05, 0.1) is 11.8 Å². The van der Waals surface area contributed by atoms with Crippen LogP contribution >= 0.6 is 12.4 Å². The molecule has 2 heterocycles. The monoisotopic (exact) mass is 315 g/mol. The minimum absolute atomic E-state index is 0. The molecule has 1 fully saturated rings. The molecule has 1 aliphatic heterocycles. The van der Waals surface area contributed by atoms with Crippen molar-refractivity contribution in [2.24, 2.45) is 0 Å². The van der Waals surface area contributed by atoms with Crippen molar-refractivity contribution >= 4 is 24.2 Å². The van der Waals surface area contributed by atoms with Crippen molar-refractivity contribution in [2.45, 2.75) is 38.9 Å². The van der Waals surface area contributed by atoms with E-state index in [1.807, 2.05) is 11.8 Å². The second-order valence-corrected chi connectivity index (χ2v) is 5.22. The Labute approximate surface area is 130 Å². The highest BCUT2D eigenvalue weighted by Gasteiger charge is 2.31. The highest BCUT2D eigenvalue weighted by atomic mass is 35.5. The van der Waals surface area contributed by atoms with Gasteiger partial charge in [-0.15, -0.1) is 12.4 Å². The van der Waals surface area contributed by atoms with Gasteiger partial charge in [-0.05, 0) is 26.8 Å². The maximum atomic E-state index is 12.4. The number of hydrogen-bond donors (Lipinski definition) is 2. The van der Waals surface area contributed by atoms with Gasteiger partial charge in [0, 0.05) is 25.2 Å². The molecule has 1 aromatic rings. The van der Waals surface area contributed by atoms with Gasteiger partial charge >= 0.3 is 0 Å². The van der Waals surface area contributed by atoms with Crippen LogP contribution < -0.4 is 10.6 Å². The summed E-state index contributed by atoms with van der Waals surface area (Å²) >= 11 is 0. The van der Waals surface area contributed by atoms with E-state index in [1.165, 1.54) is 12.5 Å². The molecule has 7 heteroatoms. The van der Waals surface area contributed by atoms with E-state index >= 15 is 0 Å². The van der Waals surface area contributed by atoms with Crippen molar-refractivity contribution in [1.29, 1.82) is 0 Å². The lowest BCUT2D eigenvalue weighted by Gasteiger charge is -2.39. The van der Waals surface area contributed by atoms with Crippen LogP contribution in [-0.4, -0.2) is 47.9 Å². The Morgan fingerprint density at radius 2 is 2.19 bits per heavy atom. The number of halogens is 1. The molecule has 0 bridgehead atoms. The maximum Gasteiger partial charge on any atom is 0.255 e. The third kappa shape index (κ3) is 3.98. The van der Waals surface area contributed by atoms with Crippen LogP contribution in [0.3, 0.4) is 0 Å². The summed E-state index contributed by atoms with van der Waals surface area (Å²) < 4.78 is 4.86. The first-order valence-electron chi connectivity index (χ1n) is 6.87. The van der Waals surface area contributed by atoms with Crippen molar-refractivity contribution < 1.29 is 14.0 Å². The number of nitrogens with zero attached hydrogens (tertiary/aromatic N) is 1. The van der Waals surface area contributed by atoms with Gasteiger partial charge in [-0.3, -0.25) is 9.59 Å². The standard InChI is InChI=1S/C14H21N3O3.ClH/c1-9-11(3)17(6-5-15-9)14(19)10(2)16-13(18)12-4-7-20-8-12;/h4,7-11,15H,5-6H2,1-3H3,(H,16,18);1H. The number of hydrogen-bond acceptors (Lipinski definition) is 4. The molecule has 0 radical (unpaired) electrons. The van der Waals surface area contributed by atoms with E-state index in [-0.39, 0.29) is 36.3 Å². The molecular formula is C14H22ClN3O3. The van der Waals surface area contributed by atoms with Gasteiger partial charge in [0.25, 0.3) is 5.91 Å². The summed E-state index contributed by atoms with van der Waals surface area (Å²) in [5.74, 6) is -0.349. The summed E-state index contributed by atoms with van der Waals surface area (Å²) in [5, 5.41) is 6.03. The largest absolute Gasteiger partial charge is 0.472 e. The summed E-state index contributed by atoms with van der Waals surface area (Å²) in [5.41, 5.74) is 0.423. The summed E-state index contributed by atoms with van der Waals surface area (Å²) in [6.07, 6.45) is 2.80. The molecule has 0 aromatic carbocycles. The molecular weight excluding hydrogens is 294 g/mol. The Bertz CT molecular complexity index is 478. The number of amides is 2. The zero-order valence-electron chi connectivity index (χ0n) is 12.5. The van der Waals surface area contributed by atoms with Crippen molar-refractivity contribution in [3.8, 4) is 0 Å². The zero-order valence-corrected chi connectivity index (χ0v) is 13.3. The van der Waals surface area contributed by atoms with E-state index in [9.17, 15) is 9.59 Å². The van der Waals surface area contributed by atoms with E-state index < -0.39 is 6.04 Å². The Morgan fingerprint density at radius 3 is 2.81 bits per heavy atom. The predicted molar refractivity (Wildman–Crippen MR) is 81.5 cm³/mol. The van der Waals surface area contributed by atoms with Crippen LogP contribution in [0.5, 0.6) is 0 Å². The molecule has 0 saturated carbocycles. The quantitative estimate of drug-likeness (QED) is 0.873. The lowest BCUT2D eigenvalue weighted by Crippen LogP contribution is -2.60. The molecule has 1 aliphatic rings. The first kappa shape index (κ1) is 17.5. The minimum atomic E-state index is -0.551. The van der Waals surface area contributed by atoms with Gasteiger partial charge in [-0.2, -0.15) is 0 Å². The Morgan fingerprint density at radius 1 is 1.48 bits per heavy atom. The van der Waals surface area contributed by atoms with Crippen LogP contribution in [0.15, 0.2) is 23.0 Å². The molecule has 2 N–H and O–H groups in total. The molecule has 1 saturated heterocycles. The number of piperazine rings is 1. The molecule has 118 valence electrons. The molecule has 3 atom stereocenters. The van der Waals surface area contributed by atoms with E-state index in [0.29, 0.717) is 12.1 Å². The van der Waals surface area contributed by atoms with Crippen molar-refractivity contribution in [1.82, 2.24) is 15.5 Å². The zero-order chi connectivity index (χ0) is 14.7. The fraction of sp³-hybridized carbons (Fsp3) is 0.571. The molecule has 1 aromatic heterocycles. The van der Waals surface area contributed by atoms with Gasteiger partial charge in [-0.1, -0.05) is 0 Å². The maximum absolute atomic E-state index is 12.4. The lowest BCUT2D eigenvalue weighted by molar-refractivity contribution is -0.136. The molecule has 0 spiro atoms. The highest BCUT2D eigenvalue weighted by molar-refractivity contribution is 5.97. The van der Waals surface area contributed by atoms with Gasteiger partial charge in [0.2, 0.25) is 5.91 Å². The van der Waals surface area contributed by atoms with Crippen molar-refractivity contribution in [2.75, 3.05) is 13.1 Å². The smallest absolute Gasteiger partial charge is 0.255 e. The summed E-state index contributed by atoms with van der Waals surface area (Å²) in [6.45, 7) is 7.22. The van der Waals surface area contributed by atoms with Crippen molar-refractivity contribution in [3.05, 3.63) is 24.2 Å². The molecule has 21 heavy (non-hydrogen) atoms. The summed E-state index contributed by atoms with van der Waals surface area (Å²) in [7, 11) is 0. The van der Waals surface area contributed by atoms with Crippen LogP contribution in [0.4, 0.5) is 0 Å².